The van der Waals surface area contributed by atoms with Gasteiger partial charge in [0.05, 0.1) is 0 Å². The van der Waals surface area contributed by atoms with Crippen molar-refractivity contribution in [2.24, 2.45) is 5.41 Å². The van der Waals surface area contributed by atoms with Crippen molar-refractivity contribution in [3.05, 3.63) is 59.9 Å². The molecule has 0 radical (unpaired) electrons. The van der Waals surface area contributed by atoms with E-state index < -0.39 is 0 Å². The summed E-state index contributed by atoms with van der Waals surface area (Å²) in [6.07, 6.45) is 6.01. The number of hydrogen-bond acceptors (Lipinski definition) is 4. The Balaban J connectivity index is 1.87. The van der Waals surface area contributed by atoms with E-state index in [1.54, 1.807) is 13.1 Å². The lowest BCUT2D eigenvalue weighted by molar-refractivity contribution is -0.133. The zero-order chi connectivity index (χ0) is 23.8. The van der Waals surface area contributed by atoms with Gasteiger partial charge in [-0.1, -0.05) is 45.0 Å². The van der Waals surface area contributed by atoms with E-state index in [4.69, 9.17) is 0 Å². The van der Waals surface area contributed by atoms with Gasteiger partial charge in [-0.05, 0) is 41.5 Å². The Morgan fingerprint density at radius 1 is 0.970 bits per heavy atom. The SMILES string of the molecule is CC(=O)N1CCCN(Cc2cccnc2)CCCN(C(=O)CC(C)(C)C)Cc2ccccc21. The van der Waals surface area contributed by atoms with Gasteiger partial charge < -0.3 is 9.80 Å². The number of para-hydroxylation sites is 1. The fourth-order valence-corrected chi connectivity index (χ4v) is 4.38. The summed E-state index contributed by atoms with van der Waals surface area (Å²) in [7, 11) is 0. The number of carbonyl (C=O) groups is 2. The molecule has 2 aromatic rings. The average molecular weight is 451 g/mol. The predicted octanol–water partition coefficient (Wildman–Crippen LogP) is 4.50. The van der Waals surface area contributed by atoms with E-state index in [1.807, 2.05) is 46.3 Å². The van der Waals surface area contributed by atoms with E-state index in [2.05, 4.69) is 36.7 Å². The molecule has 0 saturated heterocycles. The number of anilines is 1. The molecule has 1 aliphatic heterocycles. The third-order valence-corrected chi connectivity index (χ3v) is 5.95. The van der Waals surface area contributed by atoms with Crippen LogP contribution in [0.5, 0.6) is 0 Å². The van der Waals surface area contributed by atoms with Crippen molar-refractivity contribution >= 4 is 17.5 Å². The largest absolute Gasteiger partial charge is 0.338 e. The quantitative estimate of drug-likeness (QED) is 0.691. The van der Waals surface area contributed by atoms with Gasteiger partial charge in [-0.15, -0.1) is 0 Å². The Morgan fingerprint density at radius 3 is 2.36 bits per heavy atom. The van der Waals surface area contributed by atoms with Gasteiger partial charge in [-0.25, -0.2) is 0 Å². The van der Waals surface area contributed by atoms with Gasteiger partial charge in [0.25, 0.3) is 0 Å². The zero-order valence-electron chi connectivity index (χ0n) is 20.6. The molecule has 1 aliphatic rings. The molecule has 0 bridgehead atoms. The standard InChI is InChI=1S/C27H38N4O2/c1-22(32)31-17-9-15-29(20-23-10-7-13-28-19-23)14-8-16-30(26(33)18-27(2,3)4)21-24-11-5-6-12-25(24)31/h5-7,10-13,19H,8-9,14-18,20-21H2,1-4H3. The van der Waals surface area contributed by atoms with Crippen LogP contribution in [0.3, 0.4) is 0 Å². The molecule has 0 atom stereocenters. The lowest BCUT2D eigenvalue weighted by atomic mass is 9.91. The second-order valence-corrected chi connectivity index (χ2v) is 10.2. The van der Waals surface area contributed by atoms with Gasteiger partial charge in [0.15, 0.2) is 0 Å². The van der Waals surface area contributed by atoms with Crippen molar-refractivity contribution in [3.8, 4) is 0 Å². The molecule has 0 N–H and O–H groups in total. The molecule has 0 spiro atoms. The summed E-state index contributed by atoms with van der Waals surface area (Å²) in [6.45, 7) is 12.4. The molecule has 2 amide bonds. The van der Waals surface area contributed by atoms with Gasteiger partial charge >= 0.3 is 0 Å². The van der Waals surface area contributed by atoms with Crippen molar-refractivity contribution in [2.45, 2.75) is 60.0 Å². The van der Waals surface area contributed by atoms with E-state index >= 15 is 0 Å². The van der Waals surface area contributed by atoms with Gasteiger partial charge in [-0.2, -0.15) is 0 Å². The van der Waals surface area contributed by atoms with Crippen molar-refractivity contribution in [2.75, 3.05) is 31.1 Å². The summed E-state index contributed by atoms with van der Waals surface area (Å²) in [4.78, 5) is 36.3. The molecular formula is C27H38N4O2. The van der Waals surface area contributed by atoms with Gasteiger partial charge in [0.1, 0.15) is 0 Å². The highest BCUT2D eigenvalue weighted by Crippen LogP contribution is 2.26. The number of nitrogens with zero attached hydrogens (tertiary/aromatic N) is 4. The molecule has 2 heterocycles. The molecule has 0 aliphatic carbocycles. The smallest absolute Gasteiger partial charge is 0.223 e. The van der Waals surface area contributed by atoms with Crippen LogP contribution in [0.1, 0.15) is 58.1 Å². The lowest BCUT2D eigenvalue weighted by Gasteiger charge is -2.32. The van der Waals surface area contributed by atoms with Crippen molar-refractivity contribution in [1.82, 2.24) is 14.8 Å². The van der Waals surface area contributed by atoms with Crippen LogP contribution in [-0.2, 0) is 22.7 Å². The molecule has 6 nitrogen and oxygen atoms in total. The molecule has 0 fully saturated rings. The number of amides is 2. The lowest BCUT2D eigenvalue weighted by Crippen LogP contribution is -2.39. The van der Waals surface area contributed by atoms with E-state index in [0.717, 1.165) is 43.7 Å². The van der Waals surface area contributed by atoms with Crippen LogP contribution in [0.25, 0.3) is 0 Å². The van der Waals surface area contributed by atoms with E-state index in [0.29, 0.717) is 26.1 Å². The minimum absolute atomic E-state index is 0.0332. The van der Waals surface area contributed by atoms with Crippen LogP contribution in [0, 0.1) is 5.41 Å². The molecule has 178 valence electrons. The summed E-state index contributed by atoms with van der Waals surface area (Å²) in [5.41, 5.74) is 3.05. The van der Waals surface area contributed by atoms with Gasteiger partial charge in [0, 0.05) is 70.7 Å². The third-order valence-electron chi connectivity index (χ3n) is 5.95. The first-order valence-electron chi connectivity index (χ1n) is 12.0. The maximum atomic E-state index is 13.3. The molecular weight excluding hydrogens is 412 g/mol. The summed E-state index contributed by atoms with van der Waals surface area (Å²) >= 11 is 0. The Bertz CT molecular complexity index is 923. The van der Waals surface area contributed by atoms with Crippen molar-refractivity contribution in [3.63, 3.8) is 0 Å². The number of rotatable bonds is 3. The predicted molar refractivity (Wildman–Crippen MR) is 133 cm³/mol. The monoisotopic (exact) mass is 450 g/mol. The van der Waals surface area contributed by atoms with Crippen LogP contribution in [0.4, 0.5) is 5.69 Å². The molecule has 3 rings (SSSR count). The molecule has 1 aromatic heterocycles. The minimum Gasteiger partial charge on any atom is -0.338 e. The number of pyridine rings is 1. The molecule has 0 unspecified atom stereocenters. The minimum atomic E-state index is -0.0714. The summed E-state index contributed by atoms with van der Waals surface area (Å²) in [5.74, 6) is 0.202. The average Bonchev–Trinajstić information content (AvgIpc) is 2.74. The molecule has 0 saturated carbocycles. The Hall–Kier alpha value is -2.73. The third kappa shape index (κ3) is 7.67. The van der Waals surface area contributed by atoms with Crippen LogP contribution >= 0.6 is 0 Å². The summed E-state index contributed by atoms with van der Waals surface area (Å²) in [5, 5.41) is 0. The summed E-state index contributed by atoms with van der Waals surface area (Å²) in [6, 6.07) is 12.1. The Kier molecular flexibility index (Phi) is 8.61. The fraction of sp³-hybridized carbons (Fsp3) is 0.519. The van der Waals surface area contributed by atoms with Crippen LogP contribution in [-0.4, -0.2) is 52.8 Å². The van der Waals surface area contributed by atoms with Crippen LogP contribution in [0.2, 0.25) is 0 Å². The number of hydrogen-bond donors (Lipinski definition) is 0. The van der Waals surface area contributed by atoms with Crippen molar-refractivity contribution in [1.29, 1.82) is 0 Å². The summed E-state index contributed by atoms with van der Waals surface area (Å²) < 4.78 is 0. The second kappa shape index (κ2) is 11.4. The Labute approximate surface area is 198 Å². The van der Waals surface area contributed by atoms with Crippen molar-refractivity contribution < 1.29 is 9.59 Å². The van der Waals surface area contributed by atoms with E-state index in [-0.39, 0.29) is 17.2 Å². The number of carbonyl (C=O) groups excluding carboxylic acids is 2. The van der Waals surface area contributed by atoms with Crippen LogP contribution < -0.4 is 4.90 Å². The first-order valence-corrected chi connectivity index (χ1v) is 12.0. The molecule has 1 aromatic carbocycles. The van der Waals surface area contributed by atoms with E-state index in [9.17, 15) is 9.59 Å². The molecule has 33 heavy (non-hydrogen) atoms. The maximum Gasteiger partial charge on any atom is 0.223 e. The highest BCUT2D eigenvalue weighted by atomic mass is 16.2. The highest BCUT2D eigenvalue weighted by molar-refractivity contribution is 5.92. The maximum absolute atomic E-state index is 13.3. The first-order chi connectivity index (χ1) is 15.7. The highest BCUT2D eigenvalue weighted by Gasteiger charge is 2.24. The topological polar surface area (TPSA) is 56.8 Å². The fourth-order valence-electron chi connectivity index (χ4n) is 4.38. The van der Waals surface area contributed by atoms with E-state index in [1.165, 1.54) is 5.56 Å². The first kappa shape index (κ1) is 24.9. The normalized spacial score (nSPS) is 16.5. The number of benzene rings is 1. The number of fused-ring (bicyclic) bond motifs is 1. The molecule has 6 heteroatoms. The second-order valence-electron chi connectivity index (χ2n) is 10.2. The van der Waals surface area contributed by atoms with Gasteiger partial charge in [-0.3, -0.25) is 19.5 Å². The Morgan fingerprint density at radius 2 is 1.70 bits per heavy atom. The van der Waals surface area contributed by atoms with Gasteiger partial charge in [0.2, 0.25) is 11.8 Å². The zero-order valence-corrected chi connectivity index (χ0v) is 20.6. The number of aromatic nitrogens is 1. The van der Waals surface area contributed by atoms with Crippen LogP contribution in [0.15, 0.2) is 48.8 Å².